The van der Waals surface area contributed by atoms with Crippen LogP contribution in [0.1, 0.15) is 5.89 Å². The van der Waals surface area contributed by atoms with Gasteiger partial charge in [-0.05, 0) is 24.3 Å². The zero-order chi connectivity index (χ0) is 14.5. The number of halogens is 1. The fourth-order valence-corrected chi connectivity index (χ4v) is 2.42. The maximum atomic E-state index is 10.6. The second-order valence-electron chi connectivity index (χ2n) is 4.09. The van der Waals surface area contributed by atoms with Gasteiger partial charge in [-0.2, -0.15) is 0 Å². The molecule has 0 spiro atoms. The number of hydrogen-bond donors (Lipinski definition) is 2. The van der Waals surface area contributed by atoms with E-state index in [2.05, 4.69) is 4.98 Å². The summed E-state index contributed by atoms with van der Waals surface area (Å²) >= 11 is 7.19. The van der Waals surface area contributed by atoms with E-state index in [9.17, 15) is 4.79 Å². The van der Waals surface area contributed by atoms with Gasteiger partial charge in [-0.1, -0.05) is 11.6 Å². The monoisotopic (exact) mass is 312 g/mol. The summed E-state index contributed by atoms with van der Waals surface area (Å²) in [7, 11) is 0. The molecule has 1 heterocycles. The van der Waals surface area contributed by atoms with E-state index in [0.717, 1.165) is 5.56 Å². The summed E-state index contributed by atoms with van der Waals surface area (Å²) in [4.78, 5) is 14.7. The van der Waals surface area contributed by atoms with Crippen LogP contribution in [-0.4, -0.2) is 27.9 Å². The molecule has 0 radical (unpaired) electrons. The molecule has 5 nitrogen and oxygen atoms in total. The molecule has 1 aromatic heterocycles. The third kappa shape index (κ3) is 4.00. The fourth-order valence-electron chi connectivity index (χ4n) is 1.47. The van der Waals surface area contributed by atoms with Gasteiger partial charge in [0.2, 0.25) is 5.89 Å². The van der Waals surface area contributed by atoms with Crippen LogP contribution in [-0.2, 0) is 10.5 Å². The molecule has 2 aromatic rings. The molecule has 0 saturated heterocycles. The third-order valence-corrected chi connectivity index (χ3v) is 3.82. The Morgan fingerprint density at radius 2 is 2.15 bits per heavy atom. The highest BCUT2D eigenvalue weighted by Crippen LogP contribution is 2.23. The summed E-state index contributed by atoms with van der Waals surface area (Å²) in [5.74, 6) is 0.979. The van der Waals surface area contributed by atoms with Crippen molar-refractivity contribution in [2.75, 3.05) is 5.75 Å². The average molecular weight is 313 g/mol. The number of hydrogen-bond acceptors (Lipinski definition) is 5. The number of benzene rings is 1. The molecule has 0 aliphatic rings. The summed E-state index contributed by atoms with van der Waals surface area (Å²) in [6.07, 6.45) is 1.64. The van der Waals surface area contributed by atoms with Crippen molar-refractivity contribution in [1.82, 2.24) is 4.98 Å². The van der Waals surface area contributed by atoms with Gasteiger partial charge in [0.25, 0.3) is 0 Å². The molecule has 0 fully saturated rings. The third-order valence-electron chi connectivity index (χ3n) is 2.52. The maximum Gasteiger partial charge on any atom is 0.321 e. The van der Waals surface area contributed by atoms with Gasteiger partial charge in [-0.25, -0.2) is 4.98 Å². The van der Waals surface area contributed by atoms with Gasteiger partial charge in [0, 0.05) is 16.3 Å². The summed E-state index contributed by atoms with van der Waals surface area (Å²) in [5, 5.41) is 9.33. The van der Waals surface area contributed by atoms with Gasteiger partial charge in [0.1, 0.15) is 6.04 Å². The van der Waals surface area contributed by atoms with Crippen molar-refractivity contribution < 1.29 is 14.3 Å². The minimum Gasteiger partial charge on any atom is -0.480 e. The molecule has 7 heteroatoms. The Hall–Kier alpha value is -1.50. The van der Waals surface area contributed by atoms with E-state index in [4.69, 9.17) is 26.9 Å². The van der Waals surface area contributed by atoms with Crippen LogP contribution in [0.15, 0.2) is 34.9 Å². The highest BCUT2D eigenvalue weighted by molar-refractivity contribution is 7.98. The average Bonchev–Trinajstić information content (AvgIpc) is 2.88. The van der Waals surface area contributed by atoms with E-state index < -0.39 is 12.0 Å². The first kappa shape index (κ1) is 14.9. The number of thioether (sulfide) groups is 1. The lowest BCUT2D eigenvalue weighted by atomic mass is 10.2. The first-order valence-corrected chi connectivity index (χ1v) is 7.36. The minimum absolute atomic E-state index is 0.313. The summed E-state index contributed by atoms with van der Waals surface area (Å²) < 4.78 is 5.59. The molecule has 106 valence electrons. The van der Waals surface area contributed by atoms with Crippen LogP contribution in [0.5, 0.6) is 0 Å². The number of aliphatic carboxylic acids is 1. The summed E-state index contributed by atoms with van der Waals surface area (Å²) in [6, 6.07) is 6.38. The molecule has 0 saturated carbocycles. The van der Waals surface area contributed by atoms with E-state index in [1.807, 2.05) is 12.1 Å². The SMILES string of the molecule is N[C@@H](CSCc1ncc(-c2ccc(Cl)cc2)o1)C(=O)O. The first-order chi connectivity index (χ1) is 9.56. The number of nitrogens with two attached hydrogens (primary N) is 1. The lowest BCUT2D eigenvalue weighted by Crippen LogP contribution is -2.32. The Bertz CT molecular complexity index is 586. The zero-order valence-corrected chi connectivity index (χ0v) is 12.0. The molecule has 0 amide bonds. The minimum atomic E-state index is -1.01. The van der Waals surface area contributed by atoms with Crippen molar-refractivity contribution in [3.8, 4) is 11.3 Å². The molecule has 1 atom stereocenters. The second-order valence-corrected chi connectivity index (χ2v) is 5.55. The van der Waals surface area contributed by atoms with Crippen molar-refractivity contribution in [1.29, 1.82) is 0 Å². The van der Waals surface area contributed by atoms with Crippen LogP contribution >= 0.6 is 23.4 Å². The topological polar surface area (TPSA) is 89.4 Å². The standard InChI is InChI=1S/C13H13ClN2O3S/c14-9-3-1-8(2-4-9)11-5-16-12(19-11)7-20-6-10(15)13(17)18/h1-5,10H,6-7,15H2,(H,17,18)/t10-/m0/s1. The molecular weight excluding hydrogens is 300 g/mol. The van der Waals surface area contributed by atoms with Gasteiger partial charge in [0.05, 0.1) is 11.9 Å². The Morgan fingerprint density at radius 1 is 1.45 bits per heavy atom. The smallest absolute Gasteiger partial charge is 0.321 e. The van der Waals surface area contributed by atoms with Gasteiger partial charge in [0.15, 0.2) is 5.76 Å². The van der Waals surface area contributed by atoms with Crippen molar-refractivity contribution in [3.05, 3.63) is 41.4 Å². The van der Waals surface area contributed by atoms with E-state index >= 15 is 0 Å². The first-order valence-electron chi connectivity index (χ1n) is 5.83. The number of rotatable bonds is 6. The summed E-state index contributed by atoms with van der Waals surface area (Å²) in [6.45, 7) is 0. The van der Waals surface area contributed by atoms with Crippen molar-refractivity contribution in [2.24, 2.45) is 5.73 Å². The van der Waals surface area contributed by atoms with Crippen LogP contribution in [0, 0.1) is 0 Å². The van der Waals surface area contributed by atoms with Crippen LogP contribution < -0.4 is 5.73 Å². The zero-order valence-electron chi connectivity index (χ0n) is 10.5. The van der Waals surface area contributed by atoms with Crippen LogP contribution in [0.2, 0.25) is 5.02 Å². The number of oxazole rings is 1. The van der Waals surface area contributed by atoms with Gasteiger partial charge in [-0.3, -0.25) is 4.79 Å². The van der Waals surface area contributed by atoms with Gasteiger partial charge in [-0.15, -0.1) is 11.8 Å². The summed E-state index contributed by atoms with van der Waals surface area (Å²) in [5.41, 5.74) is 6.30. The van der Waals surface area contributed by atoms with Crippen molar-refractivity contribution in [3.63, 3.8) is 0 Å². The molecule has 2 rings (SSSR count). The van der Waals surface area contributed by atoms with E-state index in [1.54, 1.807) is 18.3 Å². The van der Waals surface area contributed by atoms with E-state index in [1.165, 1.54) is 11.8 Å². The molecule has 0 aliphatic heterocycles. The highest BCUT2D eigenvalue weighted by atomic mass is 35.5. The quantitative estimate of drug-likeness (QED) is 0.852. The fraction of sp³-hybridized carbons (Fsp3) is 0.231. The molecular formula is C13H13ClN2O3S. The predicted octanol–water partition coefficient (Wildman–Crippen LogP) is 2.64. The van der Waals surface area contributed by atoms with Gasteiger partial charge < -0.3 is 15.3 Å². The van der Waals surface area contributed by atoms with Crippen molar-refractivity contribution >= 4 is 29.3 Å². The molecule has 20 heavy (non-hydrogen) atoms. The normalized spacial score (nSPS) is 12.3. The largest absolute Gasteiger partial charge is 0.480 e. The molecule has 0 aliphatic carbocycles. The molecule has 0 bridgehead atoms. The lowest BCUT2D eigenvalue weighted by molar-refractivity contribution is -0.137. The molecule has 0 unspecified atom stereocenters. The Labute approximate surface area is 125 Å². The Balaban J connectivity index is 1.92. The van der Waals surface area contributed by atoms with Crippen LogP contribution in [0.4, 0.5) is 0 Å². The van der Waals surface area contributed by atoms with Crippen LogP contribution in [0.3, 0.4) is 0 Å². The van der Waals surface area contributed by atoms with Crippen LogP contribution in [0.25, 0.3) is 11.3 Å². The van der Waals surface area contributed by atoms with Gasteiger partial charge >= 0.3 is 5.97 Å². The Kier molecular flexibility index (Phi) is 5.05. The lowest BCUT2D eigenvalue weighted by Gasteiger charge is -2.03. The maximum absolute atomic E-state index is 10.6. The number of nitrogens with zero attached hydrogens (tertiary/aromatic N) is 1. The molecule has 3 N–H and O–H groups in total. The highest BCUT2D eigenvalue weighted by Gasteiger charge is 2.12. The predicted molar refractivity (Wildman–Crippen MR) is 78.7 cm³/mol. The number of carboxylic acids is 1. The molecule has 1 aromatic carbocycles. The number of aromatic nitrogens is 1. The Morgan fingerprint density at radius 3 is 2.80 bits per heavy atom. The second kappa shape index (κ2) is 6.78. The van der Waals surface area contributed by atoms with E-state index in [-0.39, 0.29) is 0 Å². The van der Waals surface area contributed by atoms with Crippen molar-refractivity contribution in [2.45, 2.75) is 11.8 Å². The number of carboxylic acid groups (broad SMARTS) is 1. The van der Waals surface area contributed by atoms with E-state index in [0.29, 0.717) is 28.2 Å². The number of carbonyl (C=O) groups is 1.